The fourth-order valence-electron chi connectivity index (χ4n) is 2.13. The van der Waals surface area contributed by atoms with Crippen LogP contribution in [0.25, 0.3) is 0 Å². The van der Waals surface area contributed by atoms with E-state index in [4.69, 9.17) is 10.3 Å². The quantitative estimate of drug-likeness (QED) is 0.672. The molecule has 96 valence electrons. The average Bonchev–Trinajstić information content (AvgIpc) is 2.76. The number of aryl methyl sites for hydroxylation is 2. The summed E-state index contributed by atoms with van der Waals surface area (Å²) in [5.74, 6) is 6.48. The van der Waals surface area contributed by atoms with Gasteiger partial charge in [0.25, 0.3) is 0 Å². The van der Waals surface area contributed by atoms with Gasteiger partial charge in [-0.25, -0.2) is 5.43 Å². The van der Waals surface area contributed by atoms with Gasteiger partial charge in [-0.05, 0) is 65.0 Å². The predicted octanol–water partition coefficient (Wildman–Crippen LogP) is 3.41. The third-order valence-electron chi connectivity index (χ3n) is 3.19. The molecule has 0 aliphatic heterocycles. The maximum absolute atomic E-state index is 5.64. The van der Waals surface area contributed by atoms with Gasteiger partial charge in [-0.15, -0.1) is 0 Å². The predicted molar refractivity (Wildman–Crippen MR) is 76.1 cm³/mol. The van der Waals surface area contributed by atoms with Crippen molar-refractivity contribution in [2.24, 2.45) is 5.84 Å². The number of rotatable bonds is 4. The van der Waals surface area contributed by atoms with Crippen LogP contribution in [0.3, 0.4) is 0 Å². The Balaban J connectivity index is 2.26. The first kappa shape index (κ1) is 13.3. The molecule has 0 amide bonds. The van der Waals surface area contributed by atoms with Gasteiger partial charge >= 0.3 is 0 Å². The lowest BCUT2D eigenvalue weighted by atomic mass is 9.96. The molecule has 3 N–H and O–H groups in total. The summed E-state index contributed by atoms with van der Waals surface area (Å²) in [5, 5.41) is 0. The highest BCUT2D eigenvalue weighted by Crippen LogP contribution is 2.25. The maximum Gasteiger partial charge on any atom is 0.169 e. The molecular formula is C14H17BrN2O. The molecule has 1 aromatic carbocycles. The van der Waals surface area contributed by atoms with E-state index in [0.717, 1.165) is 16.9 Å². The van der Waals surface area contributed by atoms with Gasteiger partial charge in [0.05, 0.1) is 6.04 Å². The molecular weight excluding hydrogens is 292 g/mol. The standard InChI is InChI=1S/C14H17BrN2O/c1-9-4-3-5-10(2)11(9)8-12(17-16)13-6-7-14(15)18-13/h3-7,12,17H,8,16H2,1-2H3. The minimum atomic E-state index is -0.0175. The first-order valence-corrected chi connectivity index (χ1v) is 6.67. The Morgan fingerprint density at radius 3 is 2.39 bits per heavy atom. The van der Waals surface area contributed by atoms with Crippen LogP contribution >= 0.6 is 15.9 Å². The molecule has 1 heterocycles. The van der Waals surface area contributed by atoms with E-state index in [1.165, 1.54) is 16.7 Å². The number of nitrogens with one attached hydrogen (secondary N) is 1. The highest BCUT2D eigenvalue weighted by Gasteiger charge is 2.16. The van der Waals surface area contributed by atoms with Crippen LogP contribution in [0.5, 0.6) is 0 Å². The topological polar surface area (TPSA) is 51.2 Å². The van der Waals surface area contributed by atoms with Crippen LogP contribution in [0.2, 0.25) is 0 Å². The van der Waals surface area contributed by atoms with Gasteiger partial charge in [-0.1, -0.05) is 18.2 Å². The molecule has 4 heteroatoms. The third-order valence-corrected chi connectivity index (χ3v) is 3.62. The minimum Gasteiger partial charge on any atom is -0.453 e. The van der Waals surface area contributed by atoms with Crippen LogP contribution in [0.4, 0.5) is 0 Å². The number of furan rings is 1. The Morgan fingerprint density at radius 1 is 1.22 bits per heavy atom. The molecule has 2 rings (SSSR count). The molecule has 0 bridgehead atoms. The van der Waals surface area contributed by atoms with Gasteiger partial charge in [0.15, 0.2) is 4.67 Å². The zero-order valence-electron chi connectivity index (χ0n) is 10.5. The van der Waals surface area contributed by atoms with Crippen LogP contribution in [0.1, 0.15) is 28.5 Å². The van der Waals surface area contributed by atoms with Crippen molar-refractivity contribution in [2.45, 2.75) is 26.3 Å². The number of benzene rings is 1. The van der Waals surface area contributed by atoms with Gasteiger partial charge in [-0.2, -0.15) is 0 Å². The van der Waals surface area contributed by atoms with Crippen molar-refractivity contribution < 1.29 is 4.42 Å². The minimum absolute atomic E-state index is 0.0175. The molecule has 3 nitrogen and oxygen atoms in total. The molecule has 0 spiro atoms. The highest BCUT2D eigenvalue weighted by molar-refractivity contribution is 9.10. The fraction of sp³-hybridized carbons (Fsp3) is 0.286. The van der Waals surface area contributed by atoms with E-state index in [0.29, 0.717) is 0 Å². The Morgan fingerprint density at radius 2 is 1.89 bits per heavy atom. The normalized spacial score (nSPS) is 12.7. The number of nitrogens with two attached hydrogens (primary N) is 1. The largest absolute Gasteiger partial charge is 0.453 e. The van der Waals surface area contributed by atoms with Crippen LogP contribution in [-0.2, 0) is 6.42 Å². The molecule has 0 fully saturated rings. The van der Waals surface area contributed by atoms with Crippen LogP contribution < -0.4 is 11.3 Å². The molecule has 0 aliphatic carbocycles. The van der Waals surface area contributed by atoms with Crippen molar-refractivity contribution >= 4 is 15.9 Å². The lowest BCUT2D eigenvalue weighted by Crippen LogP contribution is -2.29. The SMILES string of the molecule is Cc1cccc(C)c1CC(NN)c1ccc(Br)o1. The lowest BCUT2D eigenvalue weighted by Gasteiger charge is -2.16. The Labute approximate surface area is 115 Å². The second-order valence-corrected chi connectivity index (χ2v) is 5.22. The summed E-state index contributed by atoms with van der Waals surface area (Å²) in [4.78, 5) is 0. The van der Waals surface area contributed by atoms with E-state index in [9.17, 15) is 0 Å². The number of hydrazine groups is 1. The zero-order chi connectivity index (χ0) is 13.1. The van der Waals surface area contributed by atoms with E-state index in [-0.39, 0.29) is 6.04 Å². The first-order chi connectivity index (χ1) is 8.61. The smallest absolute Gasteiger partial charge is 0.169 e. The average molecular weight is 309 g/mol. The summed E-state index contributed by atoms with van der Waals surface area (Å²) in [6.07, 6.45) is 0.814. The van der Waals surface area contributed by atoms with Crippen molar-refractivity contribution in [3.05, 3.63) is 57.5 Å². The monoisotopic (exact) mass is 308 g/mol. The molecule has 0 saturated heterocycles. The summed E-state index contributed by atoms with van der Waals surface area (Å²) in [6.45, 7) is 4.24. The molecule has 1 unspecified atom stereocenters. The van der Waals surface area contributed by atoms with E-state index in [1.54, 1.807) is 0 Å². The van der Waals surface area contributed by atoms with Crippen LogP contribution in [0, 0.1) is 13.8 Å². The molecule has 1 aromatic heterocycles. The highest BCUT2D eigenvalue weighted by atomic mass is 79.9. The Kier molecular flexibility index (Phi) is 4.22. The van der Waals surface area contributed by atoms with Crippen molar-refractivity contribution in [1.29, 1.82) is 0 Å². The molecule has 1 atom stereocenters. The summed E-state index contributed by atoms with van der Waals surface area (Å²) >= 11 is 3.31. The van der Waals surface area contributed by atoms with Gasteiger partial charge in [-0.3, -0.25) is 5.84 Å². The van der Waals surface area contributed by atoms with E-state index >= 15 is 0 Å². The van der Waals surface area contributed by atoms with Gasteiger partial charge in [0.1, 0.15) is 5.76 Å². The van der Waals surface area contributed by atoms with Crippen LogP contribution in [0.15, 0.2) is 39.4 Å². The van der Waals surface area contributed by atoms with E-state index in [2.05, 4.69) is 53.4 Å². The van der Waals surface area contributed by atoms with Crippen molar-refractivity contribution in [1.82, 2.24) is 5.43 Å². The second-order valence-electron chi connectivity index (χ2n) is 4.44. The molecule has 18 heavy (non-hydrogen) atoms. The van der Waals surface area contributed by atoms with E-state index < -0.39 is 0 Å². The number of halogens is 1. The maximum atomic E-state index is 5.64. The van der Waals surface area contributed by atoms with Gasteiger partial charge in [0.2, 0.25) is 0 Å². The Hall–Kier alpha value is -1.10. The van der Waals surface area contributed by atoms with Crippen molar-refractivity contribution in [2.75, 3.05) is 0 Å². The zero-order valence-corrected chi connectivity index (χ0v) is 12.1. The van der Waals surface area contributed by atoms with E-state index in [1.807, 2.05) is 12.1 Å². The summed E-state index contributed by atoms with van der Waals surface area (Å²) in [6, 6.07) is 10.1. The summed E-state index contributed by atoms with van der Waals surface area (Å²) in [7, 11) is 0. The van der Waals surface area contributed by atoms with Crippen LogP contribution in [-0.4, -0.2) is 0 Å². The third kappa shape index (κ3) is 2.83. The second kappa shape index (κ2) is 5.69. The van der Waals surface area contributed by atoms with Gasteiger partial charge < -0.3 is 4.42 Å². The van der Waals surface area contributed by atoms with Crippen molar-refractivity contribution in [3.8, 4) is 0 Å². The number of hydrogen-bond acceptors (Lipinski definition) is 3. The molecule has 0 radical (unpaired) electrons. The molecule has 0 aliphatic rings. The first-order valence-electron chi connectivity index (χ1n) is 5.88. The van der Waals surface area contributed by atoms with Crippen molar-refractivity contribution in [3.63, 3.8) is 0 Å². The summed E-state index contributed by atoms with van der Waals surface area (Å²) in [5.41, 5.74) is 6.69. The summed E-state index contributed by atoms with van der Waals surface area (Å²) < 4.78 is 6.28. The molecule has 2 aromatic rings. The van der Waals surface area contributed by atoms with Gasteiger partial charge in [0, 0.05) is 0 Å². The lowest BCUT2D eigenvalue weighted by molar-refractivity contribution is 0.404. The number of hydrogen-bond donors (Lipinski definition) is 2. The fourth-order valence-corrected chi connectivity index (χ4v) is 2.45. The molecule has 0 saturated carbocycles. The Bertz CT molecular complexity index is 516.